The van der Waals surface area contributed by atoms with E-state index in [0.717, 1.165) is 21.2 Å². The van der Waals surface area contributed by atoms with Crippen molar-refractivity contribution in [1.82, 2.24) is 5.32 Å². The van der Waals surface area contributed by atoms with Gasteiger partial charge in [-0.05, 0) is 59.0 Å². The summed E-state index contributed by atoms with van der Waals surface area (Å²) in [6.45, 7) is 0.720. The van der Waals surface area contributed by atoms with Gasteiger partial charge in [0.1, 0.15) is 0 Å². The van der Waals surface area contributed by atoms with Crippen LogP contribution in [-0.4, -0.2) is 15.5 Å². The second kappa shape index (κ2) is 7.24. The van der Waals surface area contributed by atoms with Gasteiger partial charge in [-0.15, -0.1) is 0 Å². The van der Waals surface area contributed by atoms with Crippen LogP contribution in [0.2, 0.25) is 0 Å². The summed E-state index contributed by atoms with van der Waals surface area (Å²) in [6.07, 6.45) is 0. The number of hydrogen-bond acceptors (Lipinski definition) is 3. The fourth-order valence-electron chi connectivity index (χ4n) is 2.02. The summed E-state index contributed by atoms with van der Waals surface area (Å²) >= 11 is 2.15. The fraction of sp³-hybridized carbons (Fsp3) is 0.200. The summed E-state index contributed by atoms with van der Waals surface area (Å²) in [4.78, 5) is 0. The van der Waals surface area contributed by atoms with Crippen LogP contribution in [0, 0.1) is 3.57 Å². The highest BCUT2D eigenvalue weighted by atomic mass is 127. The third-order valence-corrected chi connectivity index (χ3v) is 4.76. The molecule has 21 heavy (non-hydrogen) atoms. The van der Waals surface area contributed by atoms with Gasteiger partial charge in [-0.25, -0.2) is 8.42 Å². The van der Waals surface area contributed by atoms with Crippen LogP contribution in [0.1, 0.15) is 11.1 Å². The minimum Gasteiger partial charge on any atom is -0.316 e. The van der Waals surface area contributed by atoms with Gasteiger partial charge in [0, 0.05) is 15.8 Å². The largest absolute Gasteiger partial charge is 0.316 e. The summed E-state index contributed by atoms with van der Waals surface area (Å²) < 4.78 is 28.0. The molecule has 0 saturated heterocycles. The molecule has 0 unspecified atom stereocenters. The Bertz CT molecular complexity index is 717. The van der Waals surface area contributed by atoms with E-state index in [0.29, 0.717) is 5.69 Å². The van der Waals surface area contributed by atoms with Crippen molar-refractivity contribution in [1.29, 1.82) is 0 Å². The van der Waals surface area contributed by atoms with E-state index < -0.39 is 10.0 Å². The Morgan fingerprint density at radius 1 is 1.05 bits per heavy atom. The van der Waals surface area contributed by atoms with E-state index >= 15 is 0 Å². The van der Waals surface area contributed by atoms with Crippen LogP contribution in [0.5, 0.6) is 0 Å². The zero-order chi connectivity index (χ0) is 15.3. The SMILES string of the molecule is CNCc1cccc(CS(=O)(=O)Nc2cccc(I)c2)c1. The first kappa shape index (κ1) is 16.3. The molecule has 2 aromatic rings. The molecule has 0 aliphatic carbocycles. The van der Waals surface area contributed by atoms with Gasteiger partial charge in [0.2, 0.25) is 10.0 Å². The topological polar surface area (TPSA) is 58.2 Å². The molecule has 0 amide bonds. The third kappa shape index (κ3) is 5.29. The summed E-state index contributed by atoms with van der Waals surface area (Å²) in [6, 6.07) is 14.9. The van der Waals surface area contributed by atoms with Gasteiger partial charge in [0.15, 0.2) is 0 Å². The fourth-order valence-corrected chi connectivity index (χ4v) is 3.74. The second-order valence-electron chi connectivity index (χ2n) is 4.72. The van der Waals surface area contributed by atoms with Crippen LogP contribution in [-0.2, 0) is 22.3 Å². The first-order valence-electron chi connectivity index (χ1n) is 6.47. The van der Waals surface area contributed by atoms with Crippen LogP contribution in [0.25, 0.3) is 0 Å². The molecule has 0 bridgehead atoms. The molecule has 0 saturated carbocycles. The predicted octanol–water partition coefficient (Wildman–Crippen LogP) is 2.95. The summed E-state index contributed by atoms with van der Waals surface area (Å²) in [5.74, 6) is -0.0317. The van der Waals surface area contributed by atoms with E-state index in [4.69, 9.17) is 0 Å². The van der Waals surface area contributed by atoms with Crippen molar-refractivity contribution in [2.45, 2.75) is 12.3 Å². The molecule has 0 aromatic heterocycles. The van der Waals surface area contributed by atoms with Crippen LogP contribution >= 0.6 is 22.6 Å². The maximum atomic E-state index is 12.2. The van der Waals surface area contributed by atoms with E-state index in [9.17, 15) is 8.42 Å². The Labute approximate surface area is 139 Å². The molecule has 0 spiro atoms. The van der Waals surface area contributed by atoms with Gasteiger partial charge in [-0.1, -0.05) is 30.3 Å². The van der Waals surface area contributed by atoms with Gasteiger partial charge in [0.25, 0.3) is 0 Å². The van der Waals surface area contributed by atoms with E-state index in [-0.39, 0.29) is 5.75 Å². The molecule has 0 fully saturated rings. The van der Waals surface area contributed by atoms with Crippen molar-refractivity contribution in [2.24, 2.45) is 0 Å². The van der Waals surface area contributed by atoms with Crippen molar-refractivity contribution in [3.05, 3.63) is 63.2 Å². The molecular formula is C15H17IN2O2S. The Balaban J connectivity index is 2.12. The van der Waals surface area contributed by atoms with Crippen molar-refractivity contribution in [3.8, 4) is 0 Å². The van der Waals surface area contributed by atoms with E-state index in [2.05, 4.69) is 32.6 Å². The zero-order valence-electron chi connectivity index (χ0n) is 11.6. The lowest BCUT2D eigenvalue weighted by atomic mass is 10.1. The molecule has 4 nitrogen and oxygen atoms in total. The molecule has 2 rings (SSSR count). The maximum Gasteiger partial charge on any atom is 0.236 e. The highest BCUT2D eigenvalue weighted by molar-refractivity contribution is 14.1. The molecule has 0 aliphatic heterocycles. The van der Waals surface area contributed by atoms with E-state index in [1.807, 2.05) is 43.4 Å². The Morgan fingerprint density at radius 2 is 1.76 bits per heavy atom. The van der Waals surface area contributed by atoms with Crippen molar-refractivity contribution in [3.63, 3.8) is 0 Å². The summed E-state index contributed by atoms with van der Waals surface area (Å²) in [5.41, 5.74) is 2.44. The average molecular weight is 416 g/mol. The zero-order valence-corrected chi connectivity index (χ0v) is 14.6. The molecule has 0 radical (unpaired) electrons. The monoisotopic (exact) mass is 416 g/mol. The van der Waals surface area contributed by atoms with Crippen LogP contribution in [0.4, 0.5) is 5.69 Å². The lowest BCUT2D eigenvalue weighted by Crippen LogP contribution is -2.15. The first-order chi connectivity index (χ1) is 9.98. The predicted molar refractivity (Wildman–Crippen MR) is 94.6 cm³/mol. The number of rotatable bonds is 6. The normalized spacial score (nSPS) is 11.3. The van der Waals surface area contributed by atoms with E-state index in [1.165, 1.54) is 0 Å². The molecule has 2 N–H and O–H groups in total. The quantitative estimate of drug-likeness (QED) is 0.713. The second-order valence-corrected chi connectivity index (χ2v) is 7.69. The van der Waals surface area contributed by atoms with Gasteiger partial charge in [-0.2, -0.15) is 0 Å². The molecular weight excluding hydrogens is 399 g/mol. The van der Waals surface area contributed by atoms with Crippen LogP contribution in [0.15, 0.2) is 48.5 Å². The number of sulfonamides is 1. The lowest BCUT2D eigenvalue weighted by Gasteiger charge is -2.09. The Kier molecular flexibility index (Phi) is 5.60. The first-order valence-corrected chi connectivity index (χ1v) is 9.20. The highest BCUT2D eigenvalue weighted by Crippen LogP contribution is 2.16. The highest BCUT2D eigenvalue weighted by Gasteiger charge is 2.12. The lowest BCUT2D eigenvalue weighted by molar-refractivity contribution is 0.600. The Morgan fingerprint density at radius 3 is 2.48 bits per heavy atom. The minimum atomic E-state index is -3.41. The Hall–Kier alpha value is -1.12. The molecule has 2 aromatic carbocycles. The number of benzene rings is 2. The van der Waals surface area contributed by atoms with Crippen LogP contribution < -0.4 is 10.0 Å². The molecule has 0 aliphatic rings. The van der Waals surface area contributed by atoms with Crippen molar-refractivity contribution >= 4 is 38.3 Å². The average Bonchev–Trinajstić information content (AvgIpc) is 2.38. The number of anilines is 1. The molecule has 6 heteroatoms. The molecule has 0 heterocycles. The number of halogens is 1. The third-order valence-electron chi connectivity index (χ3n) is 2.83. The standard InChI is InChI=1S/C15H17IN2O2S/c1-17-10-12-4-2-5-13(8-12)11-21(19,20)18-15-7-3-6-14(16)9-15/h2-9,17-18H,10-11H2,1H3. The summed E-state index contributed by atoms with van der Waals surface area (Å²) in [7, 11) is -1.55. The van der Waals surface area contributed by atoms with Gasteiger partial charge in [0.05, 0.1) is 5.75 Å². The number of nitrogens with one attached hydrogen (secondary N) is 2. The van der Waals surface area contributed by atoms with Crippen LogP contribution in [0.3, 0.4) is 0 Å². The maximum absolute atomic E-state index is 12.2. The van der Waals surface area contributed by atoms with Crippen molar-refractivity contribution < 1.29 is 8.42 Å². The smallest absolute Gasteiger partial charge is 0.236 e. The number of hydrogen-bond donors (Lipinski definition) is 2. The van der Waals surface area contributed by atoms with Crippen molar-refractivity contribution in [2.75, 3.05) is 11.8 Å². The van der Waals surface area contributed by atoms with E-state index in [1.54, 1.807) is 12.1 Å². The molecule has 0 atom stereocenters. The van der Waals surface area contributed by atoms with Gasteiger partial charge in [-0.3, -0.25) is 4.72 Å². The molecule has 112 valence electrons. The van der Waals surface area contributed by atoms with Gasteiger partial charge < -0.3 is 5.32 Å². The summed E-state index contributed by atoms with van der Waals surface area (Å²) in [5, 5.41) is 3.05. The minimum absolute atomic E-state index is 0.0317. The van der Waals surface area contributed by atoms with Gasteiger partial charge >= 0.3 is 0 Å².